The Hall–Kier alpha value is -3.38. The third-order valence-electron chi connectivity index (χ3n) is 4.32. The Morgan fingerprint density at radius 3 is 2.61 bits per heavy atom. The van der Waals surface area contributed by atoms with Crippen LogP contribution in [0.4, 0.5) is 11.6 Å². The van der Waals surface area contributed by atoms with Gasteiger partial charge in [0.25, 0.3) is 5.91 Å². The fourth-order valence-corrected chi connectivity index (χ4v) is 3.12. The van der Waals surface area contributed by atoms with Crippen LogP contribution >= 0.6 is 11.6 Å². The van der Waals surface area contributed by atoms with Crippen LogP contribution in [0.15, 0.2) is 72.9 Å². The normalized spacial score (nSPS) is 10.8. The lowest BCUT2D eigenvalue weighted by atomic mass is 10.2. The molecule has 2 aromatic heterocycles. The van der Waals surface area contributed by atoms with E-state index in [2.05, 4.69) is 32.4 Å². The second kappa shape index (κ2) is 7.70. The Kier molecular flexibility index (Phi) is 4.95. The highest BCUT2D eigenvalue weighted by Crippen LogP contribution is 2.18. The van der Waals surface area contributed by atoms with E-state index in [-0.39, 0.29) is 5.91 Å². The summed E-state index contributed by atoms with van der Waals surface area (Å²) in [5.74, 6) is 0.911. The number of aromatic nitrogens is 3. The molecule has 4 rings (SSSR count). The molecule has 2 heterocycles. The summed E-state index contributed by atoms with van der Waals surface area (Å²) >= 11 is 6.08. The number of nitrogens with zero attached hydrogens (tertiary/aromatic N) is 4. The van der Waals surface area contributed by atoms with Gasteiger partial charge in [0.2, 0.25) is 0 Å². The smallest absolute Gasteiger partial charge is 0.258 e. The molecule has 0 aliphatic rings. The highest BCUT2D eigenvalue weighted by molar-refractivity contribution is 6.34. The molecule has 28 heavy (non-hydrogen) atoms. The van der Waals surface area contributed by atoms with E-state index in [1.807, 2.05) is 37.4 Å². The Morgan fingerprint density at radius 1 is 1.07 bits per heavy atom. The van der Waals surface area contributed by atoms with Crippen molar-refractivity contribution in [2.75, 3.05) is 17.3 Å². The van der Waals surface area contributed by atoms with Crippen LogP contribution in [-0.2, 0) is 6.54 Å². The van der Waals surface area contributed by atoms with Gasteiger partial charge in [-0.1, -0.05) is 54.1 Å². The molecule has 0 spiro atoms. The molecule has 7 heteroatoms. The number of imidazole rings is 1. The van der Waals surface area contributed by atoms with Crippen LogP contribution in [0.1, 0.15) is 15.9 Å². The van der Waals surface area contributed by atoms with E-state index < -0.39 is 0 Å². The lowest BCUT2D eigenvalue weighted by molar-refractivity contribution is 0.102. The van der Waals surface area contributed by atoms with Gasteiger partial charge in [-0.25, -0.2) is 9.50 Å². The van der Waals surface area contributed by atoms with Crippen LogP contribution in [0, 0.1) is 0 Å². The number of hydrogen-bond donors (Lipinski definition) is 1. The van der Waals surface area contributed by atoms with E-state index in [1.54, 1.807) is 35.0 Å². The van der Waals surface area contributed by atoms with Crippen LogP contribution in [-0.4, -0.2) is 27.6 Å². The predicted octanol–water partition coefficient (Wildman–Crippen LogP) is 4.27. The molecule has 1 amide bonds. The van der Waals surface area contributed by atoms with Crippen molar-refractivity contribution in [3.8, 4) is 0 Å². The summed E-state index contributed by atoms with van der Waals surface area (Å²) in [5.41, 5.74) is 2.24. The summed E-state index contributed by atoms with van der Waals surface area (Å²) in [4.78, 5) is 18.9. The van der Waals surface area contributed by atoms with E-state index in [1.165, 1.54) is 5.56 Å². The first-order valence-electron chi connectivity index (χ1n) is 8.77. The van der Waals surface area contributed by atoms with E-state index in [9.17, 15) is 4.79 Å². The van der Waals surface area contributed by atoms with Gasteiger partial charge in [-0.3, -0.25) is 4.79 Å². The summed E-state index contributed by atoms with van der Waals surface area (Å²) in [6.45, 7) is 0.740. The number of rotatable bonds is 5. The molecule has 4 aromatic rings. The van der Waals surface area contributed by atoms with Crippen LogP contribution in [0.2, 0.25) is 5.02 Å². The van der Waals surface area contributed by atoms with Gasteiger partial charge >= 0.3 is 0 Å². The van der Waals surface area contributed by atoms with Gasteiger partial charge in [0, 0.05) is 13.6 Å². The maximum atomic E-state index is 12.4. The van der Waals surface area contributed by atoms with Crippen LogP contribution in [0.5, 0.6) is 0 Å². The molecule has 2 aromatic carbocycles. The van der Waals surface area contributed by atoms with Crippen molar-refractivity contribution in [2.45, 2.75) is 6.54 Å². The average molecular weight is 392 g/mol. The number of amides is 1. The number of halogens is 1. The molecule has 0 radical (unpaired) electrons. The van der Waals surface area contributed by atoms with Gasteiger partial charge in [0.05, 0.1) is 16.8 Å². The number of fused-ring (bicyclic) bond motifs is 1. The predicted molar refractivity (Wildman–Crippen MR) is 111 cm³/mol. The van der Waals surface area contributed by atoms with Gasteiger partial charge in [-0.2, -0.15) is 0 Å². The van der Waals surface area contributed by atoms with Crippen molar-refractivity contribution < 1.29 is 4.79 Å². The number of carbonyl (C=O) groups excluding carboxylic acids is 1. The topological polar surface area (TPSA) is 62.5 Å². The quantitative estimate of drug-likeness (QED) is 0.551. The van der Waals surface area contributed by atoms with Crippen molar-refractivity contribution in [1.82, 2.24) is 14.6 Å². The molecule has 6 nitrogen and oxygen atoms in total. The van der Waals surface area contributed by atoms with Gasteiger partial charge in [-0.05, 0) is 29.8 Å². The largest absolute Gasteiger partial charge is 0.354 e. The maximum absolute atomic E-state index is 12.4. The Morgan fingerprint density at radius 2 is 1.82 bits per heavy atom. The van der Waals surface area contributed by atoms with Crippen molar-refractivity contribution in [3.05, 3.63) is 89.1 Å². The van der Waals surface area contributed by atoms with Gasteiger partial charge < -0.3 is 10.2 Å². The minimum absolute atomic E-state index is 0.310. The van der Waals surface area contributed by atoms with E-state index >= 15 is 0 Å². The van der Waals surface area contributed by atoms with Crippen LogP contribution < -0.4 is 10.2 Å². The first-order chi connectivity index (χ1) is 13.6. The summed E-state index contributed by atoms with van der Waals surface area (Å²) in [5, 5.41) is 7.76. The van der Waals surface area contributed by atoms with Gasteiger partial charge in [-0.15, -0.1) is 5.10 Å². The van der Waals surface area contributed by atoms with Crippen molar-refractivity contribution >= 4 is 34.8 Å². The lowest BCUT2D eigenvalue weighted by Crippen LogP contribution is -2.18. The molecule has 1 N–H and O–H groups in total. The number of nitrogens with one attached hydrogen (secondary N) is 1. The Labute approximate surface area is 167 Å². The molecular weight excluding hydrogens is 374 g/mol. The fourth-order valence-electron chi connectivity index (χ4n) is 2.90. The van der Waals surface area contributed by atoms with E-state index in [0.717, 1.165) is 12.4 Å². The first-order valence-corrected chi connectivity index (χ1v) is 9.15. The zero-order valence-electron chi connectivity index (χ0n) is 15.2. The summed E-state index contributed by atoms with van der Waals surface area (Å²) in [7, 11) is 1.98. The molecule has 0 atom stereocenters. The third kappa shape index (κ3) is 3.82. The maximum Gasteiger partial charge on any atom is 0.258 e. The Balaban J connectivity index is 1.53. The van der Waals surface area contributed by atoms with E-state index in [0.29, 0.717) is 22.1 Å². The molecule has 140 valence electrons. The second-order valence-corrected chi connectivity index (χ2v) is 6.80. The highest BCUT2D eigenvalue weighted by Gasteiger charge is 2.13. The lowest BCUT2D eigenvalue weighted by Gasteiger charge is -2.17. The number of benzene rings is 2. The highest BCUT2D eigenvalue weighted by atomic mass is 35.5. The second-order valence-electron chi connectivity index (χ2n) is 6.40. The number of anilines is 2. The van der Waals surface area contributed by atoms with Crippen molar-refractivity contribution in [3.63, 3.8) is 0 Å². The Bertz CT molecular complexity index is 1130. The molecule has 0 unspecified atom stereocenters. The first kappa shape index (κ1) is 18.0. The molecular formula is C21H18ClN5O. The molecule has 0 saturated carbocycles. The molecule has 0 bridgehead atoms. The van der Waals surface area contributed by atoms with Crippen molar-refractivity contribution in [1.29, 1.82) is 0 Å². The molecule has 0 fully saturated rings. The minimum Gasteiger partial charge on any atom is -0.354 e. The summed E-state index contributed by atoms with van der Waals surface area (Å²) in [6, 6.07) is 20.9. The number of carbonyl (C=O) groups is 1. The molecule has 0 aliphatic carbocycles. The van der Waals surface area contributed by atoms with Crippen LogP contribution in [0.25, 0.3) is 5.65 Å². The minimum atomic E-state index is -0.310. The zero-order valence-corrected chi connectivity index (χ0v) is 16.0. The van der Waals surface area contributed by atoms with E-state index in [4.69, 9.17) is 11.6 Å². The third-order valence-corrected chi connectivity index (χ3v) is 4.65. The average Bonchev–Trinajstić information content (AvgIpc) is 3.10. The SMILES string of the molecule is CN(Cc1ccccc1)c1ccc2nc(NC(=O)c3ccccc3Cl)cn2n1. The monoisotopic (exact) mass is 391 g/mol. The number of hydrogen-bond acceptors (Lipinski definition) is 4. The summed E-state index contributed by atoms with van der Waals surface area (Å²) in [6.07, 6.45) is 1.68. The molecule has 0 aliphatic heterocycles. The zero-order chi connectivity index (χ0) is 19.5. The fraction of sp³-hybridized carbons (Fsp3) is 0.0952. The van der Waals surface area contributed by atoms with Crippen molar-refractivity contribution in [2.24, 2.45) is 0 Å². The van der Waals surface area contributed by atoms with Crippen LogP contribution in [0.3, 0.4) is 0 Å². The summed E-state index contributed by atoms with van der Waals surface area (Å²) < 4.78 is 1.65. The molecule has 0 saturated heterocycles. The van der Waals surface area contributed by atoms with Gasteiger partial charge in [0.1, 0.15) is 5.82 Å². The van der Waals surface area contributed by atoms with Gasteiger partial charge in [0.15, 0.2) is 11.5 Å². The standard InChI is InChI=1S/C21H18ClN5O/c1-26(13-15-7-3-2-4-8-15)20-12-11-19-23-18(14-27(19)25-20)24-21(28)16-9-5-6-10-17(16)22/h2-12,14H,13H2,1H3,(H,24,28).